The maximum Gasteiger partial charge on any atom is 0.0587 e. The second-order valence-corrected chi connectivity index (χ2v) is 5.56. The fraction of sp³-hybridized carbons (Fsp3) is 0.600. The number of hydrogen-bond donors (Lipinski definition) is 1. The summed E-state index contributed by atoms with van der Waals surface area (Å²) in [5, 5.41) is 4.31. The van der Waals surface area contributed by atoms with Crippen molar-refractivity contribution in [1.29, 1.82) is 0 Å². The van der Waals surface area contributed by atoms with Crippen LogP contribution in [-0.2, 0) is 11.2 Å². The first-order chi connectivity index (χ1) is 8.79. The molecule has 1 aromatic carbocycles. The Kier molecular flexibility index (Phi) is 5.48. The molecule has 0 amide bonds. The lowest BCUT2D eigenvalue weighted by Gasteiger charge is -2.17. The number of benzene rings is 1. The third-order valence-corrected chi connectivity index (χ3v) is 3.84. The summed E-state index contributed by atoms with van der Waals surface area (Å²) in [7, 11) is 1.74. The normalized spacial score (nSPS) is 16.8. The first-order valence-electron chi connectivity index (χ1n) is 6.73. The first kappa shape index (κ1) is 13.9. The van der Waals surface area contributed by atoms with Gasteiger partial charge in [-0.25, -0.2) is 0 Å². The Balaban J connectivity index is 1.80. The molecule has 18 heavy (non-hydrogen) atoms. The van der Waals surface area contributed by atoms with Crippen LogP contribution in [0.2, 0.25) is 5.02 Å². The van der Waals surface area contributed by atoms with Gasteiger partial charge in [-0.2, -0.15) is 0 Å². The van der Waals surface area contributed by atoms with E-state index in [4.69, 9.17) is 16.3 Å². The van der Waals surface area contributed by atoms with E-state index in [1.807, 2.05) is 12.1 Å². The van der Waals surface area contributed by atoms with Gasteiger partial charge in [-0.1, -0.05) is 23.7 Å². The standard InChI is InChI=1S/C15H22ClNO/c1-18-9-8-17-11-14(13-4-5-13)10-12-2-6-15(16)7-3-12/h2-3,6-7,13-14,17H,4-5,8-11H2,1H3. The van der Waals surface area contributed by atoms with E-state index in [1.54, 1.807) is 7.11 Å². The lowest BCUT2D eigenvalue weighted by atomic mass is 9.94. The summed E-state index contributed by atoms with van der Waals surface area (Å²) in [5.41, 5.74) is 1.39. The van der Waals surface area contributed by atoms with Crippen LogP contribution in [0, 0.1) is 11.8 Å². The van der Waals surface area contributed by atoms with Crippen molar-refractivity contribution >= 4 is 11.6 Å². The van der Waals surface area contributed by atoms with Crippen molar-refractivity contribution in [2.45, 2.75) is 19.3 Å². The lowest BCUT2D eigenvalue weighted by molar-refractivity contribution is 0.197. The molecule has 0 radical (unpaired) electrons. The summed E-state index contributed by atoms with van der Waals surface area (Å²) >= 11 is 5.92. The minimum Gasteiger partial charge on any atom is -0.383 e. The summed E-state index contributed by atoms with van der Waals surface area (Å²) < 4.78 is 5.05. The Labute approximate surface area is 115 Å². The van der Waals surface area contributed by atoms with E-state index in [2.05, 4.69) is 17.4 Å². The Morgan fingerprint density at radius 3 is 2.67 bits per heavy atom. The highest BCUT2D eigenvalue weighted by atomic mass is 35.5. The van der Waals surface area contributed by atoms with Crippen molar-refractivity contribution < 1.29 is 4.74 Å². The van der Waals surface area contributed by atoms with Gasteiger partial charge in [0.15, 0.2) is 0 Å². The summed E-state index contributed by atoms with van der Waals surface area (Å²) in [6.07, 6.45) is 3.94. The van der Waals surface area contributed by atoms with Crippen LogP contribution in [0.1, 0.15) is 18.4 Å². The fourth-order valence-corrected chi connectivity index (χ4v) is 2.48. The molecule has 1 saturated carbocycles. The minimum atomic E-state index is 0.753. The van der Waals surface area contributed by atoms with Gasteiger partial charge in [0.25, 0.3) is 0 Å². The summed E-state index contributed by atoms with van der Waals surface area (Å²) in [4.78, 5) is 0. The Bertz CT molecular complexity index is 348. The van der Waals surface area contributed by atoms with Gasteiger partial charge in [0.2, 0.25) is 0 Å². The molecule has 0 aromatic heterocycles. The van der Waals surface area contributed by atoms with Crippen LogP contribution >= 0.6 is 11.6 Å². The average Bonchev–Trinajstić information content (AvgIpc) is 3.20. The highest BCUT2D eigenvalue weighted by Crippen LogP contribution is 2.38. The molecule has 0 aliphatic heterocycles. The molecule has 100 valence electrons. The number of hydrogen-bond acceptors (Lipinski definition) is 2. The van der Waals surface area contributed by atoms with Gasteiger partial charge >= 0.3 is 0 Å². The molecule has 1 aliphatic carbocycles. The van der Waals surface area contributed by atoms with Crippen LogP contribution in [0.25, 0.3) is 0 Å². The van der Waals surface area contributed by atoms with Crippen LogP contribution in [0.3, 0.4) is 0 Å². The van der Waals surface area contributed by atoms with Crippen molar-refractivity contribution in [2.24, 2.45) is 11.8 Å². The molecule has 1 N–H and O–H groups in total. The molecule has 0 heterocycles. The molecule has 0 bridgehead atoms. The number of halogens is 1. The predicted molar refractivity (Wildman–Crippen MR) is 76.1 cm³/mol. The van der Waals surface area contributed by atoms with Gasteiger partial charge in [-0.15, -0.1) is 0 Å². The average molecular weight is 268 g/mol. The molecule has 0 spiro atoms. The second kappa shape index (κ2) is 7.13. The van der Waals surface area contributed by atoms with E-state index in [1.165, 1.54) is 18.4 Å². The number of ether oxygens (including phenoxy) is 1. The van der Waals surface area contributed by atoms with E-state index >= 15 is 0 Å². The molecule has 1 aliphatic rings. The molecule has 1 aromatic rings. The Morgan fingerprint density at radius 1 is 1.33 bits per heavy atom. The van der Waals surface area contributed by atoms with Crippen molar-refractivity contribution in [3.05, 3.63) is 34.9 Å². The summed E-state index contributed by atoms with van der Waals surface area (Å²) in [5.74, 6) is 1.67. The van der Waals surface area contributed by atoms with E-state index in [0.29, 0.717) is 0 Å². The Morgan fingerprint density at radius 2 is 2.06 bits per heavy atom. The van der Waals surface area contributed by atoms with E-state index < -0.39 is 0 Å². The summed E-state index contributed by atoms with van der Waals surface area (Å²) in [6.45, 7) is 2.83. The molecule has 1 fully saturated rings. The molecule has 3 heteroatoms. The highest BCUT2D eigenvalue weighted by Gasteiger charge is 2.30. The van der Waals surface area contributed by atoms with Crippen LogP contribution < -0.4 is 5.32 Å². The Hall–Kier alpha value is -0.570. The van der Waals surface area contributed by atoms with Gasteiger partial charge in [0.05, 0.1) is 6.61 Å². The number of methoxy groups -OCH3 is 1. The largest absolute Gasteiger partial charge is 0.383 e. The smallest absolute Gasteiger partial charge is 0.0587 e. The zero-order valence-corrected chi connectivity index (χ0v) is 11.7. The maximum atomic E-state index is 5.92. The van der Waals surface area contributed by atoms with Gasteiger partial charge in [-0.05, 0) is 55.3 Å². The third kappa shape index (κ3) is 4.60. The number of nitrogens with one attached hydrogen (secondary N) is 1. The quantitative estimate of drug-likeness (QED) is 0.731. The van der Waals surface area contributed by atoms with Gasteiger partial charge in [-0.3, -0.25) is 0 Å². The number of rotatable bonds is 8. The monoisotopic (exact) mass is 267 g/mol. The summed E-state index contributed by atoms with van der Waals surface area (Å²) in [6, 6.07) is 8.26. The van der Waals surface area contributed by atoms with E-state index in [-0.39, 0.29) is 0 Å². The van der Waals surface area contributed by atoms with Gasteiger partial charge in [0, 0.05) is 18.7 Å². The van der Waals surface area contributed by atoms with E-state index in [0.717, 1.165) is 43.0 Å². The molecule has 1 unspecified atom stereocenters. The fourth-order valence-electron chi connectivity index (χ4n) is 2.36. The topological polar surface area (TPSA) is 21.3 Å². The second-order valence-electron chi connectivity index (χ2n) is 5.13. The SMILES string of the molecule is COCCNCC(Cc1ccc(Cl)cc1)C1CC1. The van der Waals surface area contributed by atoms with Crippen molar-refractivity contribution in [3.63, 3.8) is 0 Å². The van der Waals surface area contributed by atoms with Crippen LogP contribution in [0.15, 0.2) is 24.3 Å². The van der Waals surface area contributed by atoms with Gasteiger partial charge in [0.1, 0.15) is 0 Å². The zero-order valence-electron chi connectivity index (χ0n) is 11.0. The molecule has 2 nitrogen and oxygen atoms in total. The van der Waals surface area contributed by atoms with Crippen molar-refractivity contribution in [1.82, 2.24) is 5.32 Å². The minimum absolute atomic E-state index is 0.753. The van der Waals surface area contributed by atoms with Crippen LogP contribution in [0.4, 0.5) is 0 Å². The van der Waals surface area contributed by atoms with Gasteiger partial charge < -0.3 is 10.1 Å². The van der Waals surface area contributed by atoms with Crippen molar-refractivity contribution in [2.75, 3.05) is 26.8 Å². The van der Waals surface area contributed by atoms with Crippen molar-refractivity contribution in [3.8, 4) is 0 Å². The molecular weight excluding hydrogens is 246 g/mol. The predicted octanol–water partition coefficient (Wildman–Crippen LogP) is 3.14. The first-order valence-corrected chi connectivity index (χ1v) is 7.11. The molecule has 2 rings (SSSR count). The van der Waals surface area contributed by atoms with Crippen LogP contribution in [0.5, 0.6) is 0 Å². The lowest BCUT2D eigenvalue weighted by Crippen LogP contribution is -2.28. The van der Waals surface area contributed by atoms with E-state index in [9.17, 15) is 0 Å². The molecule has 0 saturated heterocycles. The highest BCUT2D eigenvalue weighted by molar-refractivity contribution is 6.30. The maximum absolute atomic E-state index is 5.92. The third-order valence-electron chi connectivity index (χ3n) is 3.59. The van der Waals surface area contributed by atoms with Crippen LogP contribution in [-0.4, -0.2) is 26.8 Å². The molecular formula is C15H22ClNO. The molecule has 1 atom stereocenters. The zero-order chi connectivity index (χ0) is 12.8.